The molecule has 0 saturated heterocycles. The Morgan fingerprint density at radius 2 is 0.938 bits per heavy atom. The highest BCUT2D eigenvalue weighted by atomic mass is 16.5. The van der Waals surface area contributed by atoms with E-state index in [4.69, 9.17) is 4.74 Å². The number of esters is 1. The van der Waals surface area contributed by atoms with Crippen LogP contribution in [0.15, 0.2) is 0 Å². The van der Waals surface area contributed by atoms with Gasteiger partial charge in [0.05, 0.1) is 13.0 Å². The van der Waals surface area contributed by atoms with Crippen LogP contribution in [-0.2, 0) is 14.3 Å². The molecule has 1 unspecified atom stereocenters. The summed E-state index contributed by atoms with van der Waals surface area (Å²) < 4.78 is 5.98. The zero-order chi connectivity index (χ0) is 35.5. The molecule has 5 nitrogen and oxygen atoms in total. The first-order valence-corrected chi connectivity index (χ1v) is 21.5. The highest BCUT2D eigenvalue weighted by molar-refractivity contribution is 5.78. The van der Waals surface area contributed by atoms with Crippen molar-refractivity contribution in [3.63, 3.8) is 0 Å². The molecular weight excluding hydrogens is 592 g/mol. The largest absolute Gasteiger partial charge is 0.466 e. The average molecular weight is 679 g/mol. The van der Waals surface area contributed by atoms with Crippen molar-refractivity contribution in [2.24, 2.45) is 5.92 Å². The van der Waals surface area contributed by atoms with Gasteiger partial charge in [-0.2, -0.15) is 0 Å². The number of amides is 1. The van der Waals surface area contributed by atoms with E-state index < -0.39 is 0 Å². The van der Waals surface area contributed by atoms with Gasteiger partial charge >= 0.3 is 5.97 Å². The van der Waals surface area contributed by atoms with Crippen molar-refractivity contribution in [1.82, 2.24) is 9.80 Å². The van der Waals surface area contributed by atoms with Crippen molar-refractivity contribution in [3.05, 3.63) is 0 Å². The van der Waals surface area contributed by atoms with E-state index in [1.54, 1.807) is 0 Å². The van der Waals surface area contributed by atoms with Crippen LogP contribution < -0.4 is 0 Å². The summed E-state index contributed by atoms with van der Waals surface area (Å²) >= 11 is 0. The van der Waals surface area contributed by atoms with Crippen molar-refractivity contribution in [2.75, 3.05) is 33.8 Å². The first-order valence-electron chi connectivity index (χ1n) is 21.5. The van der Waals surface area contributed by atoms with Crippen LogP contribution in [0, 0.1) is 5.92 Å². The lowest BCUT2D eigenvalue weighted by molar-refractivity contribution is -0.147. The van der Waals surface area contributed by atoms with E-state index in [1.165, 1.54) is 148 Å². The molecule has 48 heavy (non-hydrogen) atoms. The van der Waals surface area contributed by atoms with Gasteiger partial charge in [-0.05, 0) is 52.2 Å². The van der Waals surface area contributed by atoms with E-state index in [9.17, 15) is 9.59 Å². The van der Waals surface area contributed by atoms with E-state index >= 15 is 0 Å². The molecular formula is C43H86N2O3. The number of unbranched alkanes of at least 4 members (excludes halogenated alkanes) is 19. The summed E-state index contributed by atoms with van der Waals surface area (Å²) in [5, 5.41) is 0. The summed E-state index contributed by atoms with van der Waals surface area (Å²) in [6.45, 7) is 11.3. The lowest BCUT2D eigenvalue weighted by Crippen LogP contribution is -2.42. The van der Waals surface area contributed by atoms with E-state index in [1.807, 2.05) is 0 Å². The number of carbonyl (C=O) groups excluding carboxylic acids is 2. The Hall–Kier alpha value is -1.10. The van der Waals surface area contributed by atoms with Crippen molar-refractivity contribution < 1.29 is 14.3 Å². The maximum atomic E-state index is 13.7. The third-order valence-electron chi connectivity index (χ3n) is 10.3. The smallest absolute Gasteiger partial charge is 0.307 e. The van der Waals surface area contributed by atoms with Crippen LogP contribution in [0.2, 0.25) is 0 Å². The van der Waals surface area contributed by atoms with E-state index in [2.05, 4.69) is 51.6 Å². The predicted molar refractivity (Wildman–Crippen MR) is 210 cm³/mol. The fourth-order valence-corrected chi connectivity index (χ4v) is 7.07. The van der Waals surface area contributed by atoms with Gasteiger partial charge in [-0.3, -0.25) is 9.59 Å². The lowest BCUT2D eigenvalue weighted by atomic mass is 9.92. The molecule has 0 aliphatic heterocycles. The summed E-state index contributed by atoms with van der Waals surface area (Å²) in [5.41, 5.74) is 0. The first-order chi connectivity index (χ1) is 23.4. The molecule has 0 rings (SSSR count). The fourth-order valence-electron chi connectivity index (χ4n) is 7.07. The van der Waals surface area contributed by atoms with Gasteiger partial charge < -0.3 is 14.5 Å². The van der Waals surface area contributed by atoms with Crippen molar-refractivity contribution in [2.45, 2.75) is 226 Å². The molecule has 0 aromatic carbocycles. The third-order valence-corrected chi connectivity index (χ3v) is 10.3. The summed E-state index contributed by atoms with van der Waals surface area (Å²) in [4.78, 5) is 31.4. The van der Waals surface area contributed by atoms with Gasteiger partial charge in [-0.25, -0.2) is 0 Å². The Morgan fingerprint density at radius 3 is 1.44 bits per heavy atom. The standard InChI is InChI=1S/C43H86N2O3/c1-7-11-15-19-21-23-25-29-37-45(42(46)34-30-36-44(5)6)41(33-28-24-22-20-16-12-8-2)39-43(47)48-38-35-40(31-26-17-13-9-3)32-27-18-14-10-4/h40-41H,7-39H2,1-6H3. The fraction of sp³-hybridized carbons (Fsp3) is 0.953. The summed E-state index contributed by atoms with van der Waals surface area (Å²) in [6, 6.07) is -0.0385. The molecule has 0 saturated carbocycles. The molecule has 0 N–H and O–H groups in total. The minimum absolute atomic E-state index is 0.0385. The van der Waals surface area contributed by atoms with Crippen LogP contribution in [0.4, 0.5) is 0 Å². The molecule has 286 valence electrons. The van der Waals surface area contributed by atoms with Crippen LogP contribution in [0.5, 0.6) is 0 Å². The second-order valence-corrected chi connectivity index (χ2v) is 15.3. The van der Waals surface area contributed by atoms with Crippen LogP contribution in [0.3, 0.4) is 0 Å². The highest BCUT2D eigenvalue weighted by Crippen LogP contribution is 2.23. The Balaban J connectivity index is 5.36. The molecule has 1 atom stereocenters. The van der Waals surface area contributed by atoms with E-state index in [0.29, 0.717) is 25.4 Å². The van der Waals surface area contributed by atoms with Gasteiger partial charge in [-0.1, -0.05) is 182 Å². The Labute approximate surface area is 301 Å². The summed E-state index contributed by atoms with van der Waals surface area (Å²) in [6.07, 6.45) is 35.4. The second-order valence-electron chi connectivity index (χ2n) is 15.3. The molecule has 1 amide bonds. The number of hydrogen-bond donors (Lipinski definition) is 0. The molecule has 0 aromatic heterocycles. The number of hydrogen-bond acceptors (Lipinski definition) is 4. The Morgan fingerprint density at radius 1 is 0.500 bits per heavy atom. The Kier molecular flexibility index (Phi) is 34.9. The summed E-state index contributed by atoms with van der Waals surface area (Å²) in [5.74, 6) is 0.798. The Bertz CT molecular complexity index is 686. The normalized spacial score (nSPS) is 12.2. The molecule has 0 radical (unpaired) electrons. The van der Waals surface area contributed by atoms with Crippen LogP contribution >= 0.6 is 0 Å². The van der Waals surface area contributed by atoms with Gasteiger partial charge in [0.2, 0.25) is 5.91 Å². The first kappa shape index (κ1) is 46.9. The molecule has 0 aliphatic rings. The predicted octanol–water partition coefficient (Wildman–Crippen LogP) is 12.7. The maximum absolute atomic E-state index is 13.7. The van der Waals surface area contributed by atoms with Crippen LogP contribution in [0.25, 0.3) is 0 Å². The molecule has 0 aromatic rings. The van der Waals surface area contributed by atoms with Crippen molar-refractivity contribution in [3.8, 4) is 0 Å². The third kappa shape index (κ3) is 29.8. The molecule has 0 spiro atoms. The van der Waals surface area contributed by atoms with Gasteiger partial charge in [0.25, 0.3) is 0 Å². The van der Waals surface area contributed by atoms with Crippen molar-refractivity contribution in [1.29, 1.82) is 0 Å². The number of ether oxygens (including phenoxy) is 1. The van der Waals surface area contributed by atoms with E-state index in [-0.39, 0.29) is 17.9 Å². The maximum Gasteiger partial charge on any atom is 0.307 e. The molecule has 0 heterocycles. The topological polar surface area (TPSA) is 49.9 Å². The zero-order valence-corrected chi connectivity index (χ0v) is 33.6. The molecule has 0 fully saturated rings. The van der Waals surface area contributed by atoms with Crippen LogP contribution in [-0.4, -0.2) is 61.5 Å². The van der Waals surface area contributed by atoms with Gasteiger partial charge in [0.1, 0.15) is 0 Å². The van der Waals surface area contributed by atoms with Crippen LogP contribution in [0.1, 0.15) is 220 Å². The number of rotatable bonds is 37. The molecule has 0 aliphatic carbocycles. The lowest BCUT2D eigenvalue weighted by Gasteiger charge is -2.32. The zero-order valence-electron chi connectivity index (χ0n) is 33.6. The second kappa shape index (κ2) is 35.7. The monoisotopic (exact) mass is 679 g/mol. The number of nitrogens with zero attached hydrogens (tertiary/aromatic N) is 2. The number of carbonyl (C=O) groups is 2. The van der Waals surface area contributed by atoms with Gasteiger partial charge in [0.15, 0.2) is 0 Å². The van der Waals surface area contributed by atoms with Gasteiger partial charge in [-0.15, -0.1) is 0 Å². The SMILES string of the molecule is CCCCCCCCCCN(C(=O)CCCN(C)C)C(CCCCCCCCC)CC(=O)OCCC(CCCCCC)CCCCCC. The minimum Gasteiger partial charge on any atom is -0.466 e. The van der Waals surface area contributed by atoms with E-state index in [0.717, 1.165) is 45.2 Å². The highest BCUT2D eigenvalue weighted by Gasteiger charge is 2.26. The molecule has 5 heteroatoms. The molecule has 0 bridgehead atoms. The summed E-state index contributed by atoms with van der Waals surface area (Å²) in [7, 11) is 4.14. The minimum atomic E-state index is -0.0966. The van der Waals surface area contributed by atoms with Crippen molar-refractivity contribution >= 4 is 11.9 Å². The average Bonchev–Trinajstić information content (AvgIpc) is 3.06. The quantitative estimate of drug-likeness (QED) is 0.0485. The van der Waals surface area contributed by atoms with Gasteiger partial charge in [0, 0.05) is 19.0 Å².